The Bertz CT molecular complexity index is 479. The van der Waals surface area contributed by atoms with Crippen LogP contribution in [-0.4, -0.2) is 48.3 Å². The third kappa shape index (κ3) is 3.31. The Morgan fingerprint density at radius 2 is 2.39 bits per heavy atom. The third-order valence-electron chi connectivity index (χ3n) is 2.60. The van der Waals surface area contributed by atoms with Crippen LogP contribution in [0.25, 0.3) is 0 Å². The lowest BCUT2D eigenvalue weighted by Gasteiger charge is -2.23. The van der Waals surface area contributed by atoms with Crippen molar-refractivity contribution in [2.45, 2.75) is 6.04 Å². The number of carbonyl (C=O) groups excluding carboxylic acids is 1. The highest BCUT2D eigenvalue weighted by Gasteiger charge is 2.15. The second-order valence-corrected chi connectivity index (χ2v) is 4.05. The van der Waals surface area contributed by atoms with E-state index in [1.54, 1.807) is 0 Å². The monoisotopic (exact) mass is 253 g/mol. The maximum absolute atomic E-state index is 11.7. The van der Waals surface area contributed by atoms with E-state index in [0.717, 1.165) is 12.6 Å². The number of aromatic amines is 1. The molecular formula is C11H15N3O4. The zero-order valence-corrected chi connectivity index (χ0v) is 9.73. The summed E-state index contributed by atoms with van der Waals surface area (Å²) in [5, 5.41) is 15.1. The summed E-state index contributed by atoms with van der Waals surface area (Å²) in [4.78, 5) is 25.0. The number of aromatic hydroxyl groups is 1. The van der Waals surface area contributed by atoms with Gasteiger partial charge in [0.15, 0.2) is 5.88 Å². The highest BCUT2D eigenvalue weighted by atomic mass is 16.5. The first-order valence-corrected chi connectivity index (χ1v) is 5.68. The Labute approximate surface area is 103 Å². The summed E-state index contributed by atoms with van der Waals surface area (Å²) in [6, 6.07) is 2.42. The molecule has 1 atom stereocenters. The number of amides is 1. The zero-order valence-electron chi connectivity index (χ0n) is 9.73. The molecule has 1 unspecified atom stereocenters. The number of nitrogens with one attached hydrogen (secondary N) is 3. The minimum atomic E-state index is -0.515. The number of morpholine rings is 1. The summed E-state index contributed by atoms with van der Waals surface area (Å²) in [5.74, 6) is -0.726. The Morgan fingerprint density at radius 3 is 3.06 bits per heavy atom. The standard InChI is InChI=1S/C11H15N3O4/c15-9-3-7(4-10(16)14-9)11(17)13-5-8-6-18-2-1-12-8/h3-4,8,12H,1-2,5-6H2,(H,13,17)(H2,14,15,16). The number of hydrogen-bond donors (Lipinski definition) is 4. The van der Waals surface area contributed by atoms with Crippen LogP contribution in [-0.2, 0) is 4.74 Å². The molecule has 0 saturated carbocycles. The molecule has 2 heterocycles. The van der Waals surface area contributed by atoms with E-state index in [9.17, 15) is 14.7 Å². The highest BCUT2D eigenvalue weighted by molar-refractivity contribution is 5.94. The second-order valence-electron chi connectivity index (χ2n) is 4.05. The molecule has 1 fully saturated rings. The van der Waals surface area contributed by atoms with E-state index < -0.39 is 11.5 Å². The van der Waals surface area contributed by atoms with Gasteiger partial charge in [-0.1, -0.05) is 0 Å². The van der Waals surface area contributed by atoms with Crippen molar-refractivity contribution in [2.24, 2.45) is 0 Å². The van der Waals surface area contributed by atoms with E-state index in [1.807, 2.05) is 0 Å². The molecule has 2 rings (SSSR count). The number of hydrogen-bond acceptors (Lipinski definition) is 5. The smallest absolute Gasteiger partial charge is 0.251 e. The normalized spacial score (nSPS) is 19.4. The molecule has 0 radical (unpaired) electrons. The molecule has 4 N–H and O–H groups in total. The van der Waals surface area contributed by atoms with Crippen molar-refractivity contribution in [1.82, 2.24) is 15.6 Å². The zero-order chi connectivity index (χ0) is 13.0. The molecule has 7 heteroatoms. The maximum Gasteiger partial charge on any atom is 0.251 e. The van der Waals surface area contributed by atoms with Crippen LogP contribution < -0.4 is 16.2 Å². The van der Waals surface area contributed by atoms with Crippen LogP contribution in [0.3, 0.4) is 0 Å². The molecule has 1 aromatic rings. The third-order valence-corrected chi connectivity index (χ3v) is 2.60. The summed E-state index contributed by atoms with van der Waals surface area (Å²) >= 11 is 0. The van der Waals surface area contributed by atoms with Gasteiger partial charge in [0.2, 0.25) is 0 Å². The van der Waals surface area contributed by atoms with Gasteiger partial charge in [-0.15, -0.1) is 0 Å². The molecule has 1 saturated heterocycles. The van der Waals surface area contributed by atoms with Gasteiger partial charge in [0.25, 0.3) is 11.5 Å². The van der Waals surface area contributed by atoms with Gasteiger partial charge >= 0.3 is 0 Å². The van der Waals surface area contributed by atoms with Crippen LogP contribution in [0.5, 0.6) is 5.88 Å². The van der Waals surface area contributed by atoms with Crippen molar-refractivity contribution in [3.05, 3.63) is 28.0 Å². The number of H-pyrrole nitrogens is 1. The number of aromatic nitrogens is 1. The van der Waals surface area contributed by atoms with Crippen LogP contribution in [0.15, 0.2) is 16.9 Å². The average Bonchev–Trinajstić information content (AvgIpc) is 2.36. The lowest BCUT2D eigenvalue weighted by molar-refractivity contribution is 0.0734. The van der Waals surface area contributed by atoms with Gasteiger partial charge in [0.1, 0.15) is 0 Å². The molecule has 1 aliphatic heterocycles. The van der Waals surface area contributed by atoms with Crippen molar-refractivity contribution >= 4 is 5.91 Å². The quantitative estimate of drug-likeness (QED) is 0.541. The molecule has 0 aliphatic carbocycles. The van der Waals surface area contributed by atoms with Gasteiger partial charge in [0, 0.05) is 31.3 Å². The Hall–Kier alpha value is -1.86. The van der Waals surface area contributed by atoms with Crippen LogP contribution in [0.4, 0.5) is 0 Å². The van der Waals surface area contributed by atoms with Crippen LogP contribution in [0.1, 0.15) is 10.4 Å². The molecule has 0 bridgehead atoms. The van der Waals surface area contributed by atoms with Crippen molar-refractivity contribution in [3.8, 4) is 5.88 Å². The molecule has 0 aromatic carbocycles. The number of pyridine rings is 1. The summed E-state index contributed by atoms with van der Waals surface area (Å²) in [6.45, 7) is 2.38. The van der Waals surface area contributed by atoms with Crippen LogP contribution in [0, 0.1) is 0 Å². The fraction of sp³-hybridized carbons (Fsp3) is 0.455. The molecule has 1 aliphatic rings. The molecule has 98 valence electrons. The lowest BCUT2D eigenvalue weighted by Crippen LogP contribution is -2.48. The molecular weight excluding hydrogens is 238 g/mol. The van der Waals surface area contributed by atoms with Crippen molar-refractivity contribution in [3.63, 3.8) is 0 Å². The van der Waals surface area contributed by atoms with Gasteiger partial charge in [-0.05, 0) is 0 Å². The van der Waals surface area contributed by atoms with Gasteiger partial charge in [-0.3, -0.25) is 14.6 Å². The minimum absolute atomic E-state index is 0.0679. The number of carbonyl (C=O) groups is 1. The van der Waals surface area contributed by atoms with E-state index in [4.69, 9.17) is 4.74 Å². The lowest BCUT2D eigenvalue weighted by atomic mass is 10.2. The molecule has 1 aromatic heterocycles. The molecule has 18 heavy (non-hydrogen) atoms. The van der Waals surface area contributed by atoms with Gasteiger partial charge < -0.3 is 20.5 Å². The van der Waals surface area contributed by atoms with E-state index in [2.05, 4.69) is 15.6 Å². The predicted octanol–water partition coefficient (Wildman–Crippen LogP) is -1.20. The Balaban J connectivity index is 1.92. The molecule has 7 nitrogen and oxygen atoms in total. The largest absolute Gasteiger partial charge is 0.494 e. The highest BCUT2D eigenvalue weighted by Crippen LogP contribution is 2.03. The van der Waals surface area contributed by atoms with E-state index in [-0.39, 0.29) is 17.5 Å². The predicted molar refractivity (Wildman–Crippen MR) is 63.7 cm³/mol. The summed E-state index contributed by atoms with van der Waals surface area (Å²) in [6.07, 6.45) is 0. The number of ether oxygens (including phenoxy) is 1. The van der Waals surface area contributed by atoms with Gasteiger partial charge in [0.05, 0.1) is 18.8 Å². The minimum Gasteiger partial charge on any atom is -0.494 e. The van der Waals surface area contributed by atoms with Crippen molar-refractivity contribution in [1.29, 1.82) is 0 Å². The first-order valence-electron chi connectivity index (χ1n) is 5.68. The average molecular weight is 253 g/mol. The Kier molecular flexibility index (Phi) is 3.96. The summed E-state index contributed by atoms with van der Waals surface area (Å²) < 4.78 is 5.25. The van der Waals surface area contributed by atoms with E-state index in [0.29, 0.717) is 19.8 Å². The van der Waals surface area contributed by atoms with Gasteiger partial charge in [-0.2, -0.15) is 0 Å². The van der Waals surface area contributed by atoms with E-state index >= 15 is 0 Å². The number of rotatable bonds is 3. The van der Waals surface area contributed by atoms with Crippen molar-refractivity contribution in [2.75, 3.05) is 26.3 Å². The Morgan fingerprint density at radius 1 is 1.56 bits per heavy atom. The topological polar surface area (TPSA) is 103 Å². The molecule has 0 spiro atoms. The van der Waals surface area contributed by atoms with Crippen LogP contribution >= 0.6 is 0 Å². The fourth-order valence-electron chi connectivity index (χ4n) is 1.73. The fourth-order valence-corrected chi connectivity index (χ4v) is 1.73. The van der Waals surface area contributed by atoms with E-state index in [1.165, 1.54) is 6.07 Å². The van der Waals surface area contributed by atoms with Gasteiger partial charge in [-0.25, -0.2) is 0 Å². The maximum atomic E-state index is 11.7. The van der Waals surface area contributed by atoms with Crippen LogP contribution in [0.2, 0.25) is 0 Å². The summed E-state index contributed by atoms with van der Waals surface area (Å²) in [5.41, 5.74) is -0.382. The second kappa shape index (κ2) is 5.65. The first kappa shape index (κ1) is 12.6. The summed E-state index contributed by atoms with van der Waals surface area (Å²) in [7, 11) is 0. The van der Waals surface area contributed by atoms with Crippen molar-refractivity contribution < 1.29 is 14.6 Å². The molecule has 1 amide bonds. The first-order chi connectivity index (χ1) is 8.65. The SMILES string of the molecule is O=C(NCC1COCCN1)c1cc(O)[nH]c(=O)c1.